The molecule has 1 aromatic heterocycles. The van der Waals surface area contributed by atoms with Crippen molar-refractivity contribution in [3.8, 4) is 44.7 Å². The average molecular weight is 740 g/mol. The van der Waals surface area contributed by atoms with Crippen molar-refractivity contribution in [2.75, 3.05) is 4.90 Å². The van der Waals surface area contributed by atoms with Gasteiger partial charge in [-0.25, -0.2) is 0 Å². The Bertz CT molecular complexity index is 3240. The van der Waals surface area contributed by atoms with Gasteiger partial charge in [-0.05, 0) is 126 Å². The molecule has 10 aromatic carbocycles. The molecule has 0 unspecified atom stereocenters. The number of fused-ring (bicyclic) bond motifs is 5. The molecular weight excluding hydrogens is 703 g/mol. The second-order valence-electron chi connectivity index (χ2n) is 15.0. The minimum Gasteiger partial charge on any atom is -0.456 e. The third-order valence-electron chi connectivity index (χ3n) is 11.4. The lowest BCUT2D eigenvalue weighted by Gasteiger charge is -2.26. The Morgan fingerprint density at radius 2 is 0.759 bits per heavy atom. The fourth-order valence-corrected chi connectivity index (χ4v) is 8.40. The minimum atomic E-state index is 0.879. The SMILES string of the molecule is c1ccc(-c2ccc(-c3ccc(N(c4ccc5cc(-c6cccc(-c7cc8ccccc8o7)c6)ccc5c4)c4ccc5c(ccc6ccccc65)c4)cc3)cc2)cc1. The summed E-state index contributed by atoms with van der Waals surface area (Å²) in [5, 5.41) is 8.47. The first-order valence-corrected chi connectivity index (χ1v) is 19.8. The second kappa shape index (κ2) is 14.1. The molecule has 2 heteroatoms. The van der Waals surface area contributed by atoms with Gasteiger partial charge in [0.1, 0.15) is 11.3 Å². The van der Waals surface area contributed by atoms with E-state index < -0.39 is 0 Å². The molecule has 0 N–H and O–H groups in total. The third-order valence-corrected chi connectivity index (χ3v) is 11.4. The van der Waals surface area contributed by atoms with Gasteiger partial charge in [0, 0.05) is 28.0 Å². The van der Waals surface area contributed by atoms with E-state index in [1.807, 2.05) is 18.2 Å². The number of benzene rings is 10. The number of para-hydroxylation sites is 1. The average Bonchev–Trinajstić information content (AvgIpc) is 3.74. The lowest BCUT2D eigenvalue weighted by molar-refractivity contribution is 0.631. The van der Waals surface area contributed by atoms with Crippen molar-refractivity contribution < 1.29 is 4.42 Å². The summed E-state index contributed by atoms with van der Waals surface area (Å²) in [4.78, 5) is 2.38. The predicted octanol–water partition coefficient (Wildman–Crippen LogP) is 16.0. The largest absolute Gasteiger partial charge is 0.456 e. The number of furan rings is 1. The van der Waals surface area contributed by atoms with Crippen molar-refractivity contribution in [2.24, 2.45) is 0 Å². The van der Waals surface area contributed by atoms with Gasteiger partial charge < -0.3 is 9.32 Å². The van der Waals surface area contributed by atoms with Gasteiger partial charge in [0.2, 0.25) is 0 Å². The van der Waals surface area contributed by atoms with Crippen LogP contribution < -0.4 is 4.90 Å². The third kappa shape index (κ3) is 6.18. The zero-order valence-corrected chi connectivity index (χ0v) is 31.7. The van der Waals surface area contributed by atoms with Crippen LogP contribution in [0.1, 0.15) is 0 Å². The van der Waals surface area contributed by atoms with Crippen LogP contribution in [0.2, 0.25) is 0 Å². The van der Waals surface area contributed by atoms with Crippen LogP contribution in [0.25, 0.3) is 88.0 Å². The van der Waals surface area contributed by atoms with Crippen molar-refractivity contribution in [3.05, 3.63) is 224 Å². The highest BCUT2D eigenvalue weighted by molar-refractivity contribution is 6.08. The molecule has 0 saturated heterocycles. The Morgan fingerprint density at radius 3 is 1.55 bits per heavy atom. The molecule has 11 rings (SSSR count). The van der Waals surface area contributed by atoms with Crippen molar-refractivity contribution in [3.63, 3.8) is 0 Å². The van der Waals surface area contributed by atoms with Crippen LogP contribution in [0, 0.1) is 0 Å². The molecule has 0 aliphatic carbocycles. The maximum atomic E-state index is 6.21. The summed E-state index contributed by atoms with van der Waals surface area (Å²) in [5.74, 6) is 0.879. The summed E-state index contributed by atoms with van der Waals surface area (Å²) in [6.07, 6.45) is 0. The van der Waals surface area contributed by atoms with Crippen LogP contribution in [0.4, 0.5) is 17.1 Å². The Kier molecular flexibility index (Phi) is 8.19. The van der Waals surface area contributed by atoms with Gasteiger partial charge in [-0.1, -0.05) is 164 Å². The highest BCUT2D eigenvalue weighted by atomic mass is 16.3. The highest BCUT2D eigenvalue weighted by Gasteiger charge is 2.16. The minimum absolute atomic E-state index is 0.879. The Hall–Kier alpha value is -7.68. The van der Waals surface area contributed by atoms with Crippen LogP contribution in [0.3, 0.4) is 0 Å². The normalized spacial score (nSPS) is 11.4. The Morgan fingerprint density at radius 1 is 0.259 bits per heavy atom. The fourth-order valence-electron chi connectivity index (χ4n) is 8.40. The first-order valence-electron chi connectivity index (χ1n) is 19.8. The lowest BCUT2D eigenvalue weighted by atomic mass is 9.98. The van der Waals surface area contributed by atoms with Crippen LogP contribution in [-0.2, 0) is 0 Å². The van der Waals surface area contributed by atoms with E-state index in [0.717, 1.165) is 44.9 Å². The zero-order valence-electron chi connectivity index (χ0n) is 31.7. The molecule has 0 aliphatic rings. The van der Waals surface area contributed by atoms with Gasteiger partial charge in [-0.2, -0.15) is 0 Å². The van der Waals surface area contributed by atoms with Crippen LogP contribution in [0.5, 0.6) is 0 Å². The van der Waals surface area contributed by atoms with E-state index in [0.29, 0.717) is 0 Å². The molecule has 0 atom stereocenters. The van der Waals surface area contributed by atoms with Crippen molar-refractivity contribution in [2.45, 2.75) is 0 Å². The summed E-state index contributed by atoms with van der Waals surface area (Å²) in [7, 11) is 0. The Balaban J connectivity index is 0.962. The molecule has 0 spiro atoms. The maximum Gasteiger partial charge on any atom is 0.135 e. The number of hydrogen-bond acceptors (Lipinski definition) is 2. The summed E-state index contributed by atoms with van der Waals surface area (Å²) < 4.78 is 6.21. The van der Waals surface area contributed by atoms with Crippen LogP contribution >= 0.6 is 0 Å². The number of nitrogens with zero attached hydrogens (tertiary/aromatic N) is 1. The van der Waals surface area contributed by atoms with Gasteiger partial charge in [0.05, 0.1) is 0 Å². The summed E-state index contributed by atoms with van der Waals surface area (Å²) in [6, 6.07) is 80.8. The Labute approximate surface area is 337 Å². The fraction of sp³-hybridized carbons (Fsp3) is 0. The van der Waals surface area contributed by atoms with E-state index >= 15 is 0 Å². The van der Waals surface area contributed by atoms with Crippen LogP contribution in [-0.4, -0.2) is 0 Å². The molecule has 0 aliphatic heterocycles. The molecule has 0 fully saturated rings. The number of hydrogen-bond donors (Lipinski definition) is 0. The van der Waals surface area contributed by atoms with Gasteiger partial charge in [-0.3, -0.25) is 0 Å². The predicted molar refractivity (Wildman–Crippen MR) is 245 cm³/mol. The lowest BCUT2D eigenvalue weighted by Crippen LogP contribution is -2.10. The molecular formula is C56H37NO. The first-order chi connectivity index (χ1) is 28.7. The zero-order chi connectivity index (χ0) is 38.4. The van der Waals surface area contributed by atoms with E-state index in [-0.39, 0.29) is 0 Å². The first kappa shape index (κ1) is 33.6. The molecule has 272 valence electrons. The molecule has 11 aromatic rings. The number of anilines is 3. The van der Waals surface area contributed by atoms with Crippen LogP contribution in [0.15, 0.2) is 229 Å². The van der Waals surface area contributed by atoms with E-state index in [1.165, 1.54) is 60.1 Å². The maximum absolute atomic E-state index is 6.21. The quantitative estimate of drug-likeness (QED) is 0.151. The number of rotatable bonds is 7. The summed E-state index contributed by atoms with van der Waals surface area (Å²) in [6.45, 7) is 0. The van der Waals surface area contributed by atoms with E-state index in [9.17, 15) is 0 Å². The second-order valence-corrected chi connectivity index (χ2v) is 15.0. The molecule has 2 nitrogen and oxygen atoms in total. The summed E-state index contributed by atoms with van der Waals surface area (Å²) >= 11 is 0. The molecule has 0 radical (unpaired) electrons. The monoisotopic (exact) mass is 739 g/mol. The molecule has 0 bridgehead atoms. The topological polar surface area (TPSA) is 16.4 Å². The van der Waals surface area contributed by atoms with Gasteiger partial charge >= 0.3 is 0 Å². The van der Waals surface area contributed by atoms with Crippen molar-refractivity contribution >= 4 is 60.3 Å². The van der Waals surface area contributed by atoms with E-state index in [2.05, 4.69) is 211 Å². The highest BCUT2D eigenvalue weighted by Crippen LogP contribution is 2.40. The smallest absolute Gasteiger partial charge is 0.135 e. The van der Waals surface area contributed by atoms with Gasteiger partial charge in [0.15, 0.2) is 0 Å². The molecule has 0 saturated carbocycles. The molecule has 0 amide bonds. The van der Waals surface area contributed by atoms with Gasteiger partial charge in [-0.15, -0.1) is 0 Å². The molecule has 58 heavy (non-hydrogen) atoms. The van der Waals surface area contributed by atoms with E-state index in [4.69, 9.17) is 4.42 Å². The van der Waals surface area contributed by atoms with E-state index in [1.54, 1.807) is 0 Å². The van der Waals surface area contributed by atoms with Gasteiger partial charge in [0.25, 0.3) is 0 Å². The standard InChI is InChI=1S/C56H37NO/c1-2-9-38(10-3-1)39-17-19-40(20-18-39)41-25-28-50(29-26-41)57(52-31-32-54-47(36-52)24-21-42-11-4-6-15-53(42)54)51-30-27-45-33-44(22-23-46(45)35-51)43-13-8-14-48(34-43)56-37-49-12-5-7-16-55(49)58-56/h1-37H. The summed E-state index contributed by atoms with van der Waals surface area (Å²) in [5.41, 5.74) is 12.4. The molecule has 1 heterocycles. The van der Waals surface area contributed by atoms with Crippen molar-refractivity contribution in [1.82, 2.24) is 0 Å². The van der Waals surface area contributed by atoms with Crippen molar-refractivity contribution in [1.29, 1.82) is 0 Å².